The Hall–Kier alpha value is -1.62. The van der Waals surface area contributed by atoms with Gasteiger partial charge in [-0.2, -0.15) is 0 Å². The number of rotatable bonds is 7. The van der Waals surface area contributed by atoms with Crippen molar-refractivity contribution < 1.29 is 21.6 Å². The van der Waals surface area contributed by atoms with Crippen LogP contribution in [-0.2, 0) is 25.6 Å². The highest BCUT2D eigenvalue weighted by Crippen LogP contribution is 2.27. The lowest BCUT2D eigenvalue weighted by molar-refractivity contribution is 0.411. The van der Waals surface area contributed by atoms with Gasteiger partial charge in [-0.3, -0.25) is 4.72 Å². The molecule has 0 saturated heterocycles. The van der Waals surface area contributed by atoms with E-state index in [0.717, 1.165) is 6.07 Å². The number of aromatic nitrogens is 2. The molecule has 2 aromatic rings. The average molecular weight is 454 g/mol. The van der Waals surface area contributed by atoms with Crippen LogP contribution < -0.4 is 9.46 Å². The molecule has 2 rings (SSSR count). The van der Waals surface area contributed by atoms with Crippen LogP contribution in [0.1, 0.15) is 19.4 Å². The van der Waals surface area contributed by atoms with Crippen LogP contribution in [-0.4, -0.2) is 39.4 Å². The predicted octanol–water partition coefficient (Wildman–Crippen LogP) is 2.92. The Kier molecular flexibility index (Phi) is 6.56. The summed E-state index contributed by atoms with van der Waals surface area (Å²) in [6, 6.07) is 5.53. The molecule has 1 N–H and O–H groups in total. The van der Waals surface area contributed by atoms with Gasteiger partial charge < -0.3 is 4.74 Å². The summed E-state index contributed by atoms with van der Waals surface area (Å²) in [6.45, 7) is 2.99. The fourth-order valence-corrected chi connectivity index (χ4v) is 4.66. The van der Waals surface area contributed by atoms with E-state index in [9.17, 15) is 16.8 Å². The summed E-state index contributed by atoms with van der Waals surface area (Å²) in [5.41, 5.74) is 0.367. The van der Waals surface area contributed by atoms with Crippen molar-refractivity contribution in [3.05, 3.63) is 39.9 Å². The molecule has 8 nitrogen and oxygen atoms in total. The van der Waals surface area contributed by atoms with Gasteiger partial charge in [0.15, 0.2) is 20.6 Å². The number of sulfonamides is 1. The van der Waals surface area contributed by atoms with E-state index in [2.05, 4.69) is 14.9 Å². The van der Waals surface area contributed by atoms with Crippen molar-refractivity contribution in [2.75, 3.05) is 11.8 Å². The maximum Gasteiger partial charge on any atom is 0.238 e. The largest absolute Gasteiger partial charge is 0.493 e. The number of nitrogens with zero attached hydrogens (tertiary/aromatic N) is 2. The van der Waals surface area contributed by atoms with E-state index in [-0.39, 0.29) is 16.6 Å². The van der Waals surface area contributed by atoms with Crippen molar-refractivity contribution >= 4 is 48.9 Å². The molecule has 0 unspecified atom stereocenters. The van der Waals surface area contributed by atoms with Crippen molar-refractivity contribution in [3.63, 3.8) is 0 Å². The maximum atomic E-state index is 12.4. The molecule has 148 valence electrons. The fraction of sp³-hybridized carbons (Fsp3) is 0.333. The zero-order valence-corrected chi connectivity index (χ0v) is 17.7. The standard InChI is InChI=1S/C15H17Cl2N3O5S2/c1-9(2)27(23,24)14-7-13(25-3)15(19-18-14)20-26(21,22)8-10-4-11(16)6-12(17)5-10/h4-7,9H,8H2,1-3H3,(H,19,20). The molecule has 0 radical (unpaired) electrons. The number of methoxy groups -OCH3 is 1. The third-order valence-corrected chi connectivity index (χ3v) is 7.08. The molecular formula is C15H17Cl2N3O5S2. The second kappa shape index (κ2) is 8.17. The topological polar surface area (TPSA) is 115 Å². The highest BCUT2D eigenvalue weighted by molar-refractivity contribution is 7.92. The van der Waals surface area contributed by atoms with Gasteiger partial charge in [0.2, 0.25) is 15.8 Å². The Morgan fingerprint density at radius 1 is 1.04 bits per heavy atom. The van der Waals surface area contributed by atoms with Crippen molar-refractivity contribution in [1.82, 2.24) is 10.2 Å². The van der Waals surface area contributed by atoms with Crippen LogP contribution in [0, 0.1) is 0 Å². The van der Waals surface area contributed by atoms with Crippen LogP contribution in [0.4, 0.5) is 5.82 Å². The van der Waals surface area contributed by atoms with Gasteiger partial charge in [-0.05, 0) is 37.6 Å². The maximum absolute atomic E-state index is 12.4. The Morgan fingerprint density at radius 2 is 1.63 bits per heavy atom. The molecule has 0 spiro atoms. The summed E-state index contributed by atoms with van der Waals surface area (Å²) >= 11 is 11.7. The second-order valence-corrected chi connectivity index (χ2v) is 10.9. The van der Waals surface area contributed by atoms with E-state index in [4.69, 9.17) is 27.9 Å². The van der Waals surface area contributed by atoms with Crippen molar-refractivity contribution in [2.24, 2.45) is 0 Å². The van der Waals surface area contributed by atoms with Gasteiger partial charge in [-0.15, -0.1) is 10.2 Å². The van der Waals surface area contributed by atoms with Crippen LogP contribution in [0.15, 0.2) is 29.3 Å². The highest BCUT2D eigenvalue weighted by atomic mass is 35.5. The number of halogens is 2. The van der Waals surface area contributed by atoms with E-state index < -0.39 is 30.9 Å². The molecular weight excluding hydrogens is 437 g/mol. The zero-order chi connectivity index (χ0) is 20.4. The lowest BCUT2D eigenvalue weighted by Crippen LogP contribution is -2.19. The van der Waals surface area contributed by atoms with Gasteiger partial charge in [0, 0.05) is 16.1 Å². The number of hydrogen-bond donors (Lipinski definition) is 1. The van der Waals surface area contributed by atoms with E-state index >= 15 is 0 Å². The van der Waals surface area contributed by atoms with Crippen molar-refractivity contribution in [3.8, 4) is 5.75 Å². The first-order valence-electron chi connectivity index (χ1n) is 7.55. The number of ether oxygens (including phenoxy) is 1. The average Bonchev–Trinajstić information content (AvgIpc) is 2.52. The molecule has 0 amide bonds. The van der Waals surface area contributed by atoms with Crippen LogP contribution in [0.25, 0.3) is 0 Å². The molecule has 0 aliphatic rings. The molecule has 0 atom stereocenters. The van der Waals surface area contributed by atoms with Gasteiger partial charge >= 0.3 is 0 Å². The van der Waals surface area contributed by atoms with Crippen LogP contribution in [0.3, 0.4) is 0 Å². The third-order valence-electron chi connectivity index (χ3n) is 3.40. The fourth-order valence-electron chi connectivity index (χ4n) is 2.06. The normalized spacial score (nSPS) is 12.2. The zero-order valence-electron chi connectivity index (χ0n) is 14.6. The summed E-state index contributed by atoms with van der Waals surface area (Å²) in [5.74, 6) is -0.727. The second-order valence-electron chi connectivity index (χ2n) is 5.83. The molecule has 0 aliphatic heterocycles. The minimum atomic E-state index is -3.92. The van der Waals surface area contributed by atoms with Crippen molar-refractivity contribution in [1.29, 1.82) is 0 Å². The quantitative estimate of drug-likeness (QED) is 0.684. The number of sulfone groups is 1. The molecule has 0 aliphatic carbocycles. The Labute approximate surface area is 167 Å². The molecule has 1 aromatic carbocycles. The van der Waals surface area contributed by atoms with Crippen LogP contribution in [0.5, 0.6) is 5.75 Å². The van der Waals surface area contributed by atoms with Gasteiger partial charge in [-0.1, -0.05) is 23.2 Å². The SMILES string of the molecule is COc1cc(S(=O)(=O)C(C)C)nnc1NS(=O)(=O)Cc1cc(Cl)cc(Cl)c1. The van der Waals surface area contributed by atoms with E-state index in [1.54, 1.807) is 0 Å². The lowest BCUT2D eigenvalue weighted by Gasteiger charge is -2.12. The first-order valence-corrected chi connectivity index (χ1v) is 11.5. The van der Waals surface area contributed by atoms with E-state index in [1.807, 2.05) is 0 Å². The minimum Gasteiger partial charge on any atom is -0.493 e. The Morgan fingerprint density at radius 3 is 2.15 bits per heavy atom. The van der Waals surface area contributed by atoms with Crippen molar-refractivity contribution in [2.45, 2.75) is 29.9 Å². The van der Waals surface area contributed by atoms with Gasteiger partial charge in [-0.25, -0.2) is 16.8 Å². The van der Waals surface area contributed by atoms with Gasteiger partial charge in [0.05, 0.1) is 18.1 Å². The van der Waals surface area contributed by atoms with Gasteiger partial charge in [0.1, 0.15) is 0 Å². The third kappa shape index (κ3) is 5.44. The van der Waals surface area contributed by atoms with Crippen LogP contribution >= 0.6 is 23.2 Å². The van der Waals surface area contributed by atoms with Crippen LogP contribution in [0.2, 0.25) is 10.0 Å². The van der Waals surface area contributed by atoms with E-state index in [1.165, 1.54) is 39.2 Å². The smallest absolute Gasteiger partial charge is 0.238 e. The summed E-state index contributed by atoms with van der Waals surface area (Å²) in [4.78, 5) is 0. The summed E-state index contributed by atoms with van der Waals surface area (Å²) in [5, 5.41) is 6.85. The minimum absolute atomic E-state index is 0.0723. The molecule has 12 heteroatoms. The summed E-state index contributed by atoms with van der Waals surface area (Å²) in [7, 11) is -6.34. The first-order chi connectivity index (χ1) is 12.4. The number of benzene rings is 1. The number of nitrogens with one attached hydrogen (secondary N) is 1. The van der Waals surface area contributed by atoms with E-state index in [0.29, 0.717) is 15.6 Å². The summed E-state index contributed by atoms with van der Waals surface area (Å²) < 4.78 is 56.5. The lowest BCUT2D eigenvalue weighted by atomic mass is 10.2. The van der Waals surface area contributed by atoms with Gasteiger partial charge in [0.25, 0.3) is 0 Å². The molecule has 0 saturated carbocycles. The molecule has 1 aromatic heterocycles. The molecule has 27 heavy (non-hydrogen) atoms. The molecule has 0 fully saturated rings. The number of anilines is 1. The monoisotopic (exact) mass is 453 g/mol. The molecule has 1 heterocycles. The highest BCUT2D eigenvalue weighted by Gasteiger charge is 2.25. The Balaban J connectivity index is 2.32. The predicted molar refractivity (Wildman–Crippen MR) is 104 cm³/mol. The molecule has 0 bridgehead atoms. The first kappa shape index (κ1) is 21.7. The number of hydrogen-bond acceptors (Lipinski definition) is 7. The summed E-state index contributed by atoms with van der Waals surface area (Å²) in [6.07, 6.45) is 0. The Bertz CT molecular complexity index is 1040.